The molecule has 8 aromatic rings. The largest absolute Gasteiger partial charge is 0.310 e. The Morgan fingerprint density at radius 3 is 1.12 bits per heavy atom. The topological polar surface area (TPSA) is 26.9 Å². The van der Waals surface area contributed by atoms with Gasteiger partial charge in [0, 0.05) is 65.4 Å². The first-order valence-electron chi connectivity index (χ1n) is 16.8. The molecule has 0 aliphatic heterocycles. The molecular weight excluding hydrogens is 609 g/mol. The number of carbonyl (C=O) groups is 1. The van der Waals surface area contributed by atoms with E-state index in [0.717, 1.165) is 67.2 Å². The van der Waals surface area contributed by atoms with Crippen molar-refractivity contribution in [3.8, 4) is 11.4 Å². The number of hydrogen-bond acceptors (Lipinski definition) is 1. The molecule has 0 aliphatic rings. The lowest BCUT2D eigenvalue weighted by Gasteiger charge is -2.07. The highest BCUT2D eigenvalue weighted by molar-refractivity contribution is 6.12. The first kappa shape index (κ1) is 30.9. The van der Waals surface area contributed by atoms with Gasteiger partial charge in [-0.3, -0.25) is 4.79 Å². The van der Waals surface area contributed by atoms with Gasteiger partial charge in [-0.2, -0.15) is 0 Å². The number of hydrogen-bond donors (Lipinski definition) is 0. The maximum absolute atomic E-state index is 14.0. The molecule has 3 nitrogen and oxygen atoms in total. The predicted octanol–water partition coefficient (Wildman–Crippen LogP) is 7.63. The van der Waals surface area contributed by atoms with Gasteiger partial charge in [0.05, 0.1) is 0 Å². The van der Waals surface area contributed by atoms with Crippen LogP contribution in [0.25, 0.3) is 59.2 Å². The van der Waals surface area contributed by atoms with E-state index in [1.54, 1.807) is 0 Å². The maximum atomic E-state index is 14.0. The van der Waals surface area contributed by atoms with Crippen LogP contribution in [0.2, 0.25) is 0 Å². The van der Waals surface area contributed by atoms with E-state index in [2.05, 4.69) is 133 Å². The zero-order valence-electron chi connectivity index (χ0n) is 27.9. The van der Waals surface area contributed by atoms with Crippen LogP contribution < -0.4 is 21.4 Å². The van der Waals surface area contributed by atoms with E-state index < -0.39 is 0 Å². The standard InChI is InChI=1S/C47H36N2O/c1-31-43-25-19-39(29-45(43)33(3)48(31)41-21-15-37(16-22-41)27-35-11-7-5-8-12-35)47(50)40-20-26-44-32(2)49(34(4)46(44)30-40)42-23-17-38(18-24-42)28-36-13-9-6-10-14-36/h5-26,29-30H,1-4,27-28H2. The Labute approximate surface area is 291 Å². The summed E-state index contributed by atoms with van der Waals surface area (Å²) >= 11 is 0. The normalized spacial score (nSPS) is 11.4. The van der Waals surface area contributed by atoms with Gasteiger partial charge in [-0.15, -0.1) is 0 Å². The van der Waals surface area contributed by atoms with E-state index in [0.29, 0.717) is 11.1 Å². The maximum Gasteiger partial charge on any atom is 0.193 e. The van der Waals surface area contributed by atoms with Crippen LogP contribution in [0.15, 0.2) is 146 Å². The van der Waals surface area contributed by atoms with Gasteiger partial charge in [0.1, 0.15) is 0 Å². The summed E-state index contributed by atoms with van der Waals surface area (Å²) in [4.78, 5) is 14.0. The van der Waals surface area contributed by atoms with Crippen LogP contribution in [0.3, 0.4) is 0 Å². The highest BCUT2D eigenvalue weighted by Crippen LogP contribution is 2.20. The van der Waals surface area contributed by atoms with Gasteiger partial charge in [0.15, 0.2) is 5.78 Å². The van der Waals surface area contributed by atoms with Gasteiger partial charge in [0.2, 0.25) is 0 Å². The molecule has 0 saturated heterocycles. The van der Waals surface area contributed by atoms with Gasteiger partial charge < -0.3 is 9.13 Å². The van der Waals surface area contributed by atoms with Crippen LogP contribution >= 0.6 is 0 Å². The van der Waals surface area contributed by atoms with Crippen LogP contribution in [0.4, 0.5) is 0 Å². The molecule has 3 heteroatoms. The van der Waals surface area contributed by atoms with Crippen LogP contribution in [0, 0.1) is 0 Å². The lowest BCUT2D eigenvalue weighted by Crippen LogP contribution is -2.22. The van der Waals surface area contributed by atoms with Gasteiger partial charge in [-0.1, -0.05) is 136 Å². The van der Waals surface area contributed by atoms with E-state index in [-0.39, 0.29) is 5.78 Å². The molecule has 50 heavy (non-hydrogen) atoms. The lowest BCUT2D eigenvalue weighted by atomic mass is 9.99. The van der Waals surface area contributed by atoms with Gasteiger partial charge in [-0.25, -0.2) is 0 Å². The minimum atomic E-state index is -0.0557. The van der Waals surface area contributed by atoms with Crippen molar-refractivity contribution in [2.24, 2.45) is 0 Å². The highest BCUT2D eigenvalue weighted by atomic mass is 16.1. The van der Waals surface area contributed by atoms with Crippen molar-refractivity contribution in [2.75, 3.05) is 0 Å². The molecule has 0 atom stereocenters. The summed E-state index contributed by atoms with van der Waals surface area (Å²) < 4.78 is 4.14. The number of aromatic nitrogens is 2. The highest BCUT2D eigenvalue weighted by Gasteiger charge is 2.16. The van der Waals surface area contributed by atoms with Crippen molar-refractivity contribution >= 4 is 53.6 Å². The van der Waals surface area contributed by atoms with Gasteiger partial charge in [0.25, 0.3) is 0 Å². The fourth-order valence-electron chi connectivity index (χ4n) is 7.14. The number of ketones is 1. The Morgan fingerprint density at radius 1 is 0.400 bits per heavy atom. The molecule has 0 radical (unpaired) electrons. The summed E-state index contributed by atoms with van der Waals surface area (Å²) in [6, 6.07) is 49.6. The predicted molar refractivity (Wildman–Crippen MR) is 209 cm³/mol. The molecule has 0 spiro atoms. The second kappa shape index (κ2) is 12.5. The Bertz CT molecular complexity index is 2560. The molecular formula is C47H36N2O. The Morgan fingerprint density at radius 2 is 0.740 bits per heavy atom. The first-order chi connectivity index (χ1) is 24.4. The quantitative estimate of drug-likeness (QED) is 0.156. The van der Waals surface area contributed by atoms with Gasteiger partial charge >= 0.3 is 0 Å². The monoisotopic (exact) mass is 644 g/mol. The van der Waals surface area contributed by atoms with Gasteiger partial charge in [-0.05, 0) is 71.5 Å². The molecule has 2 heterocycles. The number of nitrogens with zero attached hydrogens (tertiary/aromatic N) is 2. The third-order valence-corrected chi connectivity index (χ3v) is 9.78. The average Bonchev–Trinajstić information content (AvgIpc) is 3.55. The van der Waals surface area contributed by atoms with Crippen LogP contribution in [-0.4, -0.2) is 14.9 Å². The lowest BCUT2D eigenvalue weighted by molar-refractivity contribution is 0.103. The molecule has 0 unspecified atom stereocenters. The Hall–Kier alpha value is -6.45. The van der Waals surface area contributed by atoms with Crippen molar-refractivity contribution in [1.82, 2.24) is 9.13 Å². The minimum Gasteiger partial charge on any atom is -0.310 e. The van der Waals surface area contributed by atoms with E-state index in [4.69, 9.17) is 0 Å². The number of fused-ring (bicyclic) bond motifs is 2. The molecule has 0 amide bonds. The number of benzene rings is 6. The Kier molecular flexibility index (Phi) is 7.74. The molecule has 2 aromatic heterocycles. The Balaban J connectivity index is 1.08. The summed E-state index contributed by atoms with van der Waals surface area (Å²) in [5.41, 5.74) is 8.22. The molecule has 6 aromatic carbocycles. The first-order valence-corrected chi connectivity index (χ1v) is 16.8. The van der Waals surface area contributed by atoms with E-state index >= 15 is 0 Å². The average molecular weight is 645 g/mol. The summed E-state index contributed by atoms with van der Waals surface area (Å²) in [5.74, 6) is -0.0557. The smallest absolute Gasteiger partial charge is 0.193 e. The van der Waals surface area contributed by atoms with E-state index in [1.165, 1.54) is 22.3 Å². The zero-order chi connectivity index (χ0) is 34.4. The second-order valence-electron chi connectivity index (χ2n) is 13.0. The minimum absolute atomic E-state index is 0.0557. The fourth-order valence-corrected chi connectivity index (χ4v) is 7.14. The van der Waals surface area contributed by atoms with Crippen molar-refractivity contribution in [3.05, 3.63) is 200 Å². The van der Waals surface area contributed by atoms with Crippen molar-refractivity contribution in [3.63, 3.8) is 0 Å². The number of carbonyl (C=O) groups excluding carboxylic acids is 1. The third kappa shape index (κ3) is 5.49. The summed E-state index contributed by atoms with van der Waals surface area (Å²) in [7, 11) is 0. The molecule has 0 N–H and O–H groups in total. The molecule has 240 valence electrons. The van der Waals surface area contributed by atoms with Crippen molar-refractivity contribution in [1.29, 1.82) is 0 Å². The molecule has 0 saturated carbocycles. The molecule has 0 aliphatic carbocycles. The van der Waals surface area contributed by atoms with Crippen LogP contribution in [0.1, 0.15) is 38.2 Å². The van der Waals surface area contributed by atoms with Crippen LogP contribution in [-0.2, 0) is 12.8 Å². The number of rotatable bonds is 8. The fraction of sp³-hybridized carbons (Fsp3) is 0.0426. The summed E-state index contributed by atoms with van der Waals surface area (Å²) in [5, 5.41) is 7.08. The van der Waals surface area contributed by atoms with Crippen LogP contribution in [0.5, 0.6) is 0 Å². The molecule has 8 rings (SSSR count). The van der Waals surface area contributed by atoms with Crippen molar-refractivity contribution < 1.29 is 4.79 Å². The zero-order valence-corrected chi connectivity index (χ0v) is 27.9. The molecule has 0 bridgehead atoms. The van der Waals surface area contributed by atoms with E-state index in [1.807, 2.05) is 48.5 Å². The van der Waals surface area contributed by atoms with Crippen molar-refractivity contribution in [2.45, 2.75) is 12.8 Å². The molecule has 0 fully saturated rings. The SMILES string of the molecule is C=c1c2ccc(C(=O)c3ccc4c(=C)n(-c5ccc(Cc6ccccc6)cc5)c(=C)c4c3)cc2c(=C)n1-c1ccc(Cc2ccccc2)cc1. The third-order valence-electron chi connectivity index (χ3n) is 9.78. The summed E-state index contributed by atoms with van der Waals surface area (Å²) in [6.07, 6.45) is 1.75. The van der Waals surface area contributed by atoms with E-state index in [9.17, 15) is 4.79 Å². The summed E-state index contributed by atoms with van der Waals surface area (Å²) in [6.45, 7) is 17.6. The second-order valence-corrected chi connectivity index (χ2v) is 13.0.